The molecule has 2 N–H and O–H groups in total. The number of likely N-dealkylation sites (tertiary alicyclic amines) is 1. The van der Waals surface area contributed by atoms with E-state index in [1.54, 1.807) is 39.8 Å². The van der Waals surface area contributed by atoms with Gasteiger partial charge in [-0.15, -0.1) is 10.2 Å². The summed E-state index contributed by atoms with van der Waals surface area (Å²) in [6.45, 7) is 7.26. The molecule has 2 heterocycles. The van der Waals surface area contributed by atoms with Crippen LogP contribution in [0.1, 0.15) is 73.8 Å². The maximum atomic E-state index is 13.6. The molecule has 3 atom stereocenters. The van der Waals surface area contributed by atoms with E-state index in [4.69, 9.17) is 9.15 Å². The van der Waals surface area contributed by atoms with Gasteiger partial charge >= 0.3 is 12.3 Å². The number of alkyl halides is 3. The fourth-order valence-electron chi connectivity index (χ4n) is 5.26. The van der Waals surface area contributed by atoms with E-state index in [1.165, 1.54) is 17.0 Å². The highest BCUT2D eigenvalue weighted by molar-refractivity contribution is 6.00. The standard InChI is InChI=1S/C33H38F3N5O6/c1-19(2)26(28(42)30-40-39-25(47-30)17-22-12-8-13-23(16-22)33(34,35)36)37-29(43)24-14-9-15-41(24)31(44)27(20(3)4)38-32(45)46-18-21-10-6-5-7-11-21/h5-8,10-13,16,19-20,24,26-27H,9,14-15,17-18H2,1-4H3,(H,37,43)(H,38,45)/t24-,26+,27-/m0/s1. The van der Waals surface area contributed by atoms with Crippen LogP contribution >= 0.6 is 0 Å². The molecule has 1 aromatic heterocycles. The van der Waals surface area contributed by atoms with Crippen LogP contribution in [0.5, 0.6) is 0 Å². The van der Waals surface area contributed by atoms with E-state index in [9.17, 15) is 32.3 Å². The number of aromatic nitrogens is 2. The molecular formula is C33H38F3N5O6. The molecule has 0 spiro atoms. The van der Waals surface area contributed by atoms with Gasteiger partial charge in [0, 0.05) is 6.54 Å². The van der Waals surface area contributed by atoms with E-state index in [1.807, 2.05) is 18.2 Å². The number of hydrogen-bond donors (Lipinski definition) is 2. The summed E-state index contributed by atoms with van der Waals surface area (Å²) in [5.74, 6) is -2.87. The van der Waals surface area contributed by atoms with Crippen molar-refractivity contribution >= 4 is 23.7 Å². The van der Waals surface area contributed by atoms with Crippen LogP contribution < -0.4 is 10.6 Å². The maximum absolute atomic E-state index is 13.6. The van der Waals surface area contributed by atoms with Gasteiger partial charge in [0.25, 0.3) is 5.89 Å². The van der Waals surface area contributed by atoms with Gasteiger partial charge in [-0.2, -0.15) is 13.2 Å². The van der Waals surface area contributed by atoms with E-state index < -0.39 is 65.4 Å². The number of amides is 3. The third-order valence-corrected chi connectivity index (χ3v) is 7.79. The molecular weight excluding hydrogens is 619 g/mol. The van der Waals surface area contributed by atoms with Crippen molar-refractivity contribution in [1.29, 1.82) is 0 Å². The van der Waals surface area contributed by atoms with Crippen molar-refractivity contribution < 1.29 is 41.5 Å². The Morgan fingerprint density at radius 1 is 0.936 bits per heavy atom. The number of carbonyl (C=O) groups excluding carboxylic acids is 4. The molecule has 0 aliphatic carbocycles. The molecule has 4 rings (SSSR count). The molecule has 14 heteroatoms. The number of benzene rings is 2. The molecule has 0 radical (unpaired) electrons. The number of halogens is 3. The minimum Gasteiger partial charge on any atom is -0.445 e. The van der Waals surface area contributed by atoms with Crippen LogP contribution in [0.4, 0.5) is 18.0 Å². The number of ketones is 1. The Bertz CT molecular complexity index is 1560. The van der Waals surface area contributed by atoms with Gasteiger partial charge in [-0.05, 0) is 41.9 Å². The predicted molar refractivity (Wildman–Crippen MR) is 163 cm³/mol. The second-order valence-corrected chi connectivity index (χ2v) is 12.1. The first-order valence-electron chi connectivity index (χ1n) is 15.4. The molecule has 1 aliphatic rings. The quantitative estimate of drug-likeness (QED) is 0.261. The second kappa shape index (κ2) is 15.2. The summed E-state index contributed by atoms with van der Waals surface area (Å²) in [4.78, 5) is 54.5. The molecule has 0 unspecified atom stereocenters. The minimum absolute atomic E-state index is 0.0256. The van der Waals surface area contributed by atoms with Crippen LogP contribution in [0.15, 0.2) is 59.0 Å². The Morgan fingerprint density at radius 2 is 1.62 bits per heavy atom. The molecule has 0 saturated carbocycles. The Labute approximate surface area is 270 Å². The molecule has 1 aliphatic heterocycles. The van der Waals surface area contributed by atoms with Crippen molar-refractivity contribution in [2.24, 2.45) is 11.8 Å². The summed E-state index contributed by atoms with van der Waals surface area (Å²) >= 11 is 0. The summed E-state index contributed by atoms with van der Waals surface area (Å²) in [7, 11) is 0. The summed E-state index contributed by atoms with van der Waals surface area (Å²) in [6, 6.07) is 10.8. The lowest BCUT2D eigenvalue weighted by Crippen LogP contribution is -2.57. The number of hydrogen-bond acceptors (Lipinski definition) is 8. The van der Waals surface area contributed by atoms with Crippen LogP contribution in [-0.4, -0.2) is 63.5 Å². The van der Waals surface area contributed by atoms with Gasteiger partial charge < -0.3 is 24.7 Å². The van der Waals surface area contributed by atoms with Crippen molar-refractivity contribution in [2.45, 2.75) is 77.9 Å². The van der Waals surface area contributed by atoms with Gasteiger partial charge in [0.15, 0.2) is 0 Å². The zero-order valence-corrected chi connectivity index (χ0v) is 26.5. The summed E-state index contributed by atoms with van der Waals surface area (Å²) in [5.41, 5.74) is 0.222. The Hall–Kier alpha value is -4.75. The Morgan fingerprint density at radius 3 is 2.28 bits per heavy atom. The summed E-state index contributed by atoms with van der Waals surface area (Å²) in [6.07, 6.45) is -4.53. The first-order chi connectivity index (χ1) is 22.2. The van der Waals surface area contributed by atoms with Crippen molar-refractivity contribution in [3.05, 3.63) is 83.1 Å². The average Bonchev–Trinajstić information content (AvgIpc) is 3.71. The molecule has 1 fully saturated rings. The fourth-order valence-corrected chi connectivity index (χ4v) is 5.26. The largest absolute Gasteiger partial charge is 0.445 e. The fraction of sp³-hybridized carbons (Fsp3) is 0.455. The molecule has 1 saturated heterocycles. The van der Waals surface area contributed by atoms with Crippen molar-refractivity contribution in [3.63, 3.8) is 0 Å². The first kappa shape index (κ1) is 35.1. The summed E-state index contributed by atoms with van der Waals surface area (Å²) in [5, 5.41) is 13.0. The zero-order chi connectivity index (χ0) is 34.3. The van der Waals surface area contributed by atoms with Gasteiger partial charge in [0.05, 0.1) is 18.0 Å². The Balaban J connectivity index is 1.40. The lowest BCUT2D eigenvalue weighted by Gasteiger charge is -2.31. The number of carbonyl (C=O) groups is 4. The number of rotatable bonds is 12. The molecule has 11 nitrogen and oxygen atoms in total. The smallest absolute Gasteiger partial charge is 0.416 e. The highest BCUT2D eigenvalue weighted by atomic mass is 19.4. The predicted octanol–water partition coefficient (Wildman–Crippen LogP) is 4.94. The number of nitrogens with zero attached hydrogens (tertiary/aromatic N) is 3. The van der Waals surface area contributed by atoms with Gasteiger partial charge in [0.2, 0.25) is 23.5 Å². The average molecular weight is 658 g/mol. The zero-order valence-electron chi connectivity index (χ0n) is 26.5. The van der Waals surface area contributed by atoms with Crippen LogP contribution in [0, 0.1) is 11.8 Å². The van der Waals surface area contributed by atoms with Crippen LogP contribution in [0.3, 0.4) is 0 Å². The molecule has 0 bridgehead atoms. The SMILES string of the molecule is CC(C)[C@H](NC(=O)OCc1ccccc1)C(=O)N1CCC[C@H]1C(=O)N[C@@H](C(=O)c1nnc(Cc2cccc(C(F)(F)F)c2)o1)C(C)C. The maximum Gasteiger partial charge on any atom is 0.416 e. The van der Waals surface area contributed by atoms with Crippen molar-refractivity contribution in [3.8, 4) is 0 Å². The van der Waals surface area contributed by atoms with E-state index in [2.05, 4.69) is 20.8 Å². The molecule has 47 heavy (non-hydrogen) atoms. The highest BCUT2D eigenvalue weighted by Gasteiger charge is 2.41. The minimum atomic E-state index is -4.52. The lowest BCUT2D eigenvalue weighted by atomic mass is 9.98. The van der Waals surface area contributed by atoms with E-state index >= 15 is 0 Å². The lowest BCUT2D eigenvalue weighted by molar-refractivity contribution is -0.141. The van der Waals surface area contributed by atoms with Gasteiger partial charge in [-0.1, -0.05) is 76.2 Å². The molecule has 252 valence electrons. The van der Waals surface area contributed by atoms with Gasteiger partial charge in [0.1, 0.15) is 18.7 Å². The number of nitrogens with one attached hydrogen (secondary N) is 2. The molecule has 2 aromatic carbocycles. The van der Waals surface area contributed by atoms with E-state index in [0.717, 1.165) is 17.7 Å². The third-order valence-electron chi connectivity index (χ3n) is 7.79. The van der Waals surface area contributed by atoms with Crippen LogP contribution in [-0.2, 0) is 33.5 Å². The van der Waals surface area contributed by atoms with Crippen LogP contribution in [0.2, 0.25) is 0 Å². The topological polar surface area (TPSA) is 144 Å². The third kappa shape index (κ3) is 9.17. The number of Topliss-reactive ketones (excluding diaryl/α,β-unsaturated/α-hetero) is 1. The second-order valence-electron chi connectivity index (χ2n) is 12.1. The van der Waals surface area contributed by atoms with E-state index in [-0.39, 0.29) is 36.9 Å². The van der Waals surface area contributed by atoms with Gasteiger partial charge in [-0.25, -0.2) is 4.79 Å². The molecule has 3 aromatic rings. The van der Waals surface area contributed by atoms with Crippen LogP contribution in [0.25, 0.3) is 0 Å². The van der Waals surface area contributed by atoms with Gasteiger partial charge in [-0.3, -0.25) is 14.4 Å². The number of alkyl carbamates (subject to hydrolysis) is 1. The monoisotopic (exact) mass is 657 g/mol. The Kier molecular flexibility index (Phi) is 11.4. The number of ether oxygens (including phenoxy) is 1. The first-order valence-corrected chi connectivity index (χ1v) is 15.4. The van der Waals surface area contributed by atoms with E-state index in [0.29, 0.717) is 12.8 Å². The van der Waals surface area contributed by atoms with Crippen molar-refractivity contribution in [2.75, 3.05) is 6.54 Å². The van der Waals surface area contributed by atoms with Crippen molar-refractivity contribution in [1.82, 2.24) is 25.7 Å². The highest BCUT2D eigenvalue weighted by Crippen LogP contribution is 2.30. The summed E-state index contributed by atoms with van der Waals surface area (Å²) < 4.78 is 50.1. The normalized spacial score (nSPS) is 16.2. The molecule has 3 amide bonds.